The van der Waals surface area contributed by atoms with Gasteiger partial charge in [-0.2, -0.15) is 0 Å². The Bertz CT molecular complexity index is 775. The Morgan fingerprint density at radius 2 is 0.941 bits per heavy atom. The molecule has 34 heavy (non-hydrogen) atoms. The third kappa shape index (κ3) is 12.0. The summed E-state index contributed by atoms with van der Waals surface area (Å²) in [6.07, 6.45) is 8.20. The Kier molecular flexibility index (Phi) is 14.7. The van der Waals surface area contributed by atoms with Crippen molar-refractivity contribution in [3.05, 3.63) is 59.7 Å². The van der Waals surface area contributed by atoms with E-state index < -0.39 is 11.9 Å². The highest BCUT2D eigenvalue weighted by atomic mass is 33.1. The molecule has 2 aromatic rings. The molecule has 2 aromatic carbocycles. The van der Waals surface area contributed by atoms with Gasteiger partial charge >= 0.3 is 11.9 Å². The second-order valence-corrected chi connectivity index (χ2v) is 11.0. The van der Waals surface area contributed by atoms with Crippen LogP contribution in [0.4, 0.5) is 0 Å². The number of unbranched alkanes of at least 4 members (excludes halogenated alkanes) is 3. The van der Waals surface area contributed by atoms with E-state index in [1.807, 2.05) is 0 Å². The van der Waals surface area contributed by atoms with Crippen molar-refractivity contribution in [2.24, 2.45) is 0 Å². The van der Waals surface area contributed by atoms with Crippen LogP contribution < -0.4 is 0 Å². The second-order valence-electron chi connectivity index (χ2n) is 8.68. The summed E-state index contributed by atoms with van der Waals surface area (Å²) in [5.41, 5.74) is 0.510. The first-order valence-corrected chi connectivity index (χ1v) is 14.2. The van der Waals surface area contributed by atoms with E-state index in [4.69, 9.17) is 10.2 Å². The largest absolute Gasteiger partial charge is 0.478 e. The van der Waals surface area contributed by atoms with Gasteiger partial charge in [-0.3, -0.25) is 0 Å². The lowest BCUT2D eigenvalue weighted by Gasteiger charge is -2.34. The highest BCUT2D eigenvalue weighted by Crippen LogP contribution is 2.37. The first kappa shape index (κ1) is 30.1. The van der Waals surface area contributed by atoms with Crippen LogP contribution in [0.25, 0.3) is 0 Å². The molecule has 0 amide bonds. The molecule has 0 bridgehead atoms. The molecule has 0 saturated heterocycles. The van der Waals surface area contributed by atoms with Crippen molar-refractivity contribution in [2.75, 3.05) is 26.7 Å². The van der Waals surface area contributed by atoms with Crippen LogP contribution in [0, 0.1) is 0 Å². The molecule has 0 aromatic heterocycles. The van der Waals surface area contributed by atoms with Crippen molar-refractivity contribution in [1.29, 1.82) is 0 Å². The Labute approximate surface area is 212 Å². The number of hydrogen-bond donors (Lipinski definition) is 2. The fourth-order valence-electron chi connectivity index (χ4n) is 3.36. The third-order valence-electron chi connectivity index (χ3n) is 5.59. The first-order valence-electron chi connectivity index (χ1n) is 12.1. The predicted octanol–water partition coefficient (Wildman–Crippen LogP) is 7.72. The van der Waals surface area contributed by atoms with E-state index in [0.717, 1.165) is 9.79 Å². The molecule has 0 heterocycles. The average molecular weight is 507 g/mol. The van der Waals surface area contributed by atoms with Crippen molar-refractivity contribution < 1.29 is 24.3 Å². The van der Waals surface area contributed by atoms with Gasteiger partial charge in [0.05, 0.1) is 37.8 Å². The molecule has 0 saturated carbocycles. The van der Waals surface area contributed by atoms with Crippen LogP contribution in [-0.2, 0) is 0 Å². The van der Waals surface area contributed by atoms with Gasteiger partial charge in [-0.05, 0) is 67.8 Å². The van der Waals surface area contributed by atoms with Gasteiger partial charge in [-0.1, -0.05) is 61.6 Å². The molecule has 0 aliphatic carbocycles. The topological polar surface area (TPSA) is 74.6 Å². The number of hydrogen-bond acceptors (Lipinski definition) is 4. The summed E-state index contributed by atoms with van der Waals surface area (Å²) in [4.78, 5) is 23.3. The van der Waals surface area contributed by atoms with Crippen LogP contribution in [0.3, 0.4) is 0 Å². The minimum Gasteiger partial charge on any atom is -0.478 e. The van der Waals surface area contributed by atoms with E-state index in [2.05, 4.69) is 27.8 Å². The lowest BCUT2D eigenvalue weighted by atomic mass is 10.2. The SMILES string of the molecule is CCCC[N+](C)(CCCC)CCCC.O=C(O)c1ccc(SSc2ccc(C(=O)O)cc2)cc1. The van der Waals surface area contributed by atoms with Crippen LogP contribution in [0.2, 0.25) is 0 Å². The first-order chi connectivity index (χ1) is 16.2. The maximum Gasteiger partial charge on any atom is 0.335 e. The molecule has 0 aliphatic heterocycles. The molecular weight excluding hydrogens is 466 g/mol. The van der Waals surface area contributed by atoms with Crippen LogP contribution in [0.5, 0.6) is 0 Å². The zero-order chi connectivity index (χ0) is 25.4. The molecule has 0 atom stereocenters. The van der Waals surface area contributed by atoms with E-state index in [9.17, 15) is 9.59 Å². The standard InChI is InChI=1S/C14H10O4S2.C13H30N/c15-13(16)9-1-5-11(6-2-9)19-20-12-7-3-10(4-8-12)14(17)18;1-5-8-11-14(4,12-9-6-2)13-10-7-3/h1-8H,(H,15,16)(H,17,18);5-13H2,1-4H3/q;+1. The summed E-state index contributed by atoms with van der Waals surface area (Å²) < 4.78 is 1.32. The maximum atomic E-state index is 10.7. The zero-order valence-corrected chi connectivity index (χ0v) is 22.6. The summed E-state index contributed by atoms with van der Waals surface area (Å²) in [5.74, 6) is -1.89. The van der Waals surface area contributed by atoms with Crippen LogP contribution in [-0.4, -0.2) is 53.3 Å². The molecule has 0 fully saturated rings. The normalized spacial score (nSPS) is 10.9. The highest BCUT2D eigenvalue weighted by molar-refractivity contribution is 8.76. The van der Waals surface area contributed by atoms with Gasteiger partial charge < -0.3 is 14.7 Å². The van der Waals surface area contributed by atoms with Gasteiger partial charge in [0.1, 0.15) is 0 Å². The van der Waals surface area contributed by atoms with Crippen molar-refractivity contribution in [3.8, 4) is 0 Å². The lowest BCUT2D eigenvalue weighted by molar-refractivity contribution is -0.910. The quantitative estimate of drug-likeness (QED) is 0.202. The van der Waals surface area contributed by atoms with Gasteiger partial charge in [0.25, 0.3) is 0 Å². The van der Waals surface area contributed by atoms with E-state index in [0.29, 0.717) is 0 Å². The Morgan fingerprint density at radius 3 is 1.18 bits per heavy atom. The molecule has 2 rings (SSSR count). The monoisotopic (exact) mass is 506 g/mol. The summed E-state index contributed by atoms with van der Waals surface area (Å²) in [6, 6.07) is 13.2. The molecule has 2 N–H and O–H groups in total. The van der Waals surface area contributed by atoms with Crippen LogP contribution >= 0.6 is 21.6 Å². The van der Waals surface area contributed by atoms with Crippen molar-refractivity contribution in [1.82, 2.24) is 0 Å². The molecule has 0 aliphatic rings. The summed E-state index contributed by atoms with van der Waals surface area (Å²) in [7, 11) is 5.41. The smallest absolute Gasteiger partial charge is 0.335 e. The molecule has 0 spiro atoms. The molecule has 5 nitrogen and oxygen atoms in total. The molecule has 7 heteroatoms. The number of carboxylic acids is 2. The van der Waals surface area contributed by atoms with Gasteiger partial charge in [0.15, 0.2) is 0 Å². The van der Waals surface area contributed by atoms with Crippen molar-refractivity contribution >= 4 is 33.5 Å². The minimum absolute atomic E-state index is 0.255. The Hall–Kier alpha value is -1.96. The highest BCUT2D eigenvalue weighted by Gasteiger charge is 2.18. The van der Waals surface area contributed by atoms with Crippen LogP contribution in [0.1, 0.15) is 80.0 Å². The fourth-order valence-corrected chi connectivity index (χ4v) is 5.29. The third-order valence-corrected chi connectivity index (χ3v) is 8.01. The maximum absolute atomic E-state index is 10.7. The molecule has 188 valence electrons. The van der Waals surface area contributed by atoms with Gasteiger partial charge in [0.2, 0.25) is 0 Å². The van der Waals surface area contributed by atoms with Gasteiger partial charge in [-0.25, -0.2) is 9.59 Å². The Balaban J connectivity index is 0.000000365. The summed E-state index contributed by atoms with van der Waals surface area (Å²) in [6.45, 7) is 11.0. The Morgan fingerprint density at radius 1 is 0.647 bits per heavy atom. The lowest BCUT2D eigenvalue weighted by Crippen LogP contribution is -2.46. The molecule has 0 radical (unpaired) electrons. The molecule has 0 unspecified atom stereocenters. The zero-order valence-electron chi connectivity index (χ0n) is 21.0. The number of carbonyl (C=O) groups is 2. The number of benzene rings is 2. The van der Waals surface area contributed by atoms with E-state index in [1.165, 1.54) is 84.2 Å². The van der Waals surface area contributed by atoms with Crippen LogP contribution in [0.15, 0.2) is 58.3 Å². The summed E-state index contributed by atoms with van der Waals surface area (Å²) >= 11 is 0. The molecular formula is C27H40NO4S2+. The number of carboxylic acid groups (broad SMARTS) is 2. The van der Waals surface area contributed by atoms with E-state index >= 15 is 0 Å². The second kappa shape index (κ2) is 16.6. The average Bonchev–Trinajstić information content (AvgIpc) is 2.85. The predicted molar refractivity (Wildman–Crippen MR) is 144 cm³/mol. The summed E-state index contributed by atoms with van der Waals surface area (Å²) in [5, 5.41) is 17.6. The number of nitrogens with zero attached hydrogens (tertiary/aromatic N) is 1. The van der Waals surface area contributed by atoms with E-state index in [1.54, 1.807) is 48.5 Å². The number of quaternary nitrogens is 1. The van der Waals surface area contributed by atoms with E-state index in [-0.39, 0.29) is 11.1 Å². The fraction of sp³-hybridized carbons (Fsp3) is 0.481. The minimum atomic E-state index is -0.946. The van der Waals surface area contributed by atoms with Gasteiger partial charge in [-0.15, -0.1) is 0 Å². The van der Waals surface area contributed by atoms with Gasteiger partial charge in [0, 0.05) is 9.79 Å². The number of rotatable bonds is 14. The van der Waals surface area contributed by atoms with Crippen molar-refractivity contribution in [2.45, 2.75) is 69.1 Å². The van der Waals surface area contributed by atoms with Crippen molar-refractivity contribution in [3.63, 3.8) is 0 Å². The number of aromatic carboxylic acids is 2.